The summed E-state index contributed by atoms with van der Waals surface area (Å²) in [5.74, 6) is 0.860. The molecule has 0 saturated heterocycles. The van der Waals surface area contributed by atoms with Crippen LogP contribution in [0.5, 0.6) is 5.75 Å². The number of pyridine rings is 1. The molecule has 0 N–H and O–H groups in total. The minimum atomic E-state index is 0.671. The summed E-state index contributed by atoms with van der Waals surface area (Å²) in [6.07, 6.45) is 4.21. The van der Waals surface area contributed by atoms with Crippen molar-refractivity contribution in [1.82, 2.24) is 4.98 Å². The van der Waals surface area contributed by atoms with Gasteiger partial charge in [0, 0.05) is 12.4 Å². The summed E-state index contributed by atoms with van der Waals surface area (Å²) >= 11 is 0. The summed E-state index contributed by atoms with van der Waals surface area (Å²) in [7, 11) is 0. The minimum absolute atomic E-state index is 0.671. The SMILES string of the molecule is [CH2]CCOc1ccncc1. The Balaban J connectivity index is 2.43. The van der Waals surface area contributed by atoms with E-state index in [2.05, 4.69) is 11.9 Å². The third-order valence-electron chi connectivity index (χ3n) is 1.06. The molecule has 1 radical (unpaired) electrons. The van der Waals surface area contributed by atoms with Crippen molar-refractivity contribution in [3.05, 3.63) is 31.5 Å². The molecule has 2 heteroatoms. The Hall–Kier alpha value is -1.05. The minimum Gasteiger partial charge on any atom is -0.493 e. The van der Waals surface area contributed by atoms with E-state index in [4.69, 9.17) is 4.74 Å². The lowest BCUT2D eigenvalue weighted by atomic mass is 10.4. The molecule has 1 aromatic heterocycles. The van der Waals surface area contributed by atoms with Crippen molar-refractivity contribution >= 4 is 0 Å². The molecule has 0 amide bonds. The summed E-state index contributed by atoms with van der Waals surface area (Å²) in [5, 5.41) is 0. The molecule has 0 aliphatic carbocycles. The molecule has 2 nitrogen and oxygen atoms in total. The highest BCUT2D eigenvalue weighted by Gasteiger charge is 1.87. The van der Waals surface area contributed by atoms with E-state index in [9.17, 15) is 0 Å². The van der Waals surface area contributed by atoms with Crippen molar-refractivity contribution in [2.75, 3.05) is 6.61 Å². The third kappa shape index (κ3) is 2.05. The highest BCUT2D eigenvalue weighted by Crippen LogP contribution is 2.06. The Labute approximate surface area is 60.9 Å². The predicted octanol–water partition coefficient (Wildman–Crippen LogP) is 1.68. The molecule has 0 aromatic carbocycles. The lowest BCUT2D eigenvalue weighted by molar-refractivity contribution is 0.324. The van der Waals surface area contributed by atoms with Crippen LogP contribution in [0.2, 0.25) is 0 Å². The van der Waals surface area contributed by atoms with E-state index in [0.29, 0.717) is 6.61 Å². The van der Waals surface area contributed by atoms with E-state index in [-0.39, 0.29) is 0 Å². The van der Waals surface area contributed by atoms with Gasteiger partial charge in [-0.05, 0) is 25.5 Å². The number of hydrogen-bond acceptors (Lipinski definition) is 2. The van der Waals surface area contributed by atoms with Crippen LogP contribution in [0.4, 0.5) is 0 Å². The van der Waals surface area contributed by atoms with Gasteiger partial charge in [-0.3, -0.25) is 4.98 Å². The van der Waals surface area contributed by atoms with Crippen LogP contribution in [0.3, 0.4) is 0 Å². The number of hydrogen-bond donors (Lipinski definition) is 0. The number of ether oxygens (including phenoxy) is 1. The lowest BCUT2D eigenvalue weighted by Crippen LogP contribution is -1.94. The first-order valence-corrected chi connectivity index (χ1v) is 3.25. The largest absolute Gasteiger partial charge is 0.493 e. The fourth-order valence-corrected chi connectivity index (χ4v) is 0.624. The molecule has 10 heavy (non-hydrogen) atoms. The normalized spacial score (nSPS) is 9.30. The first-order valence-electron chi connectivity index (χ1n) is 3.25. The molecule has 0 aliphatic rings. The maximum Gasteiger partial charge on any atom is 0.122 e. The van der Waals surface area contributed by atoms with E-state index in [1.54, 1.807) is 12.4 Å². The van der Waals surface area contributed by atoms with Gasteiger partial charge in [-0.15, -0.1) is 0 Å². The van der Waals surface area contributed by atoms with E-state index < -0.39 is 0 Å². The highest BCUT2D eigenvalue weighted by atomic mass is 16.5. The predicted molar refractivity (Wildman–Crippen MR) is 39.7 cm³/mol. The van der Waals surface area contributed by atoms with Gasteiger partial charge in [-0.1, -0.05) is 0 Å². The van der Waals surface area contributed by atoms with Crippen molar-refractivity contribution in [1.29, 1.82) is 0 Å². The second-order valence-corrected chi connectivity index (χ2v) is 1.88. The summed E-state index contributed by atoms with van der Waals surface area (Å²) < 4.78 is 5.25. The lowest BCUT2D eigenvalue weighted by Gasteiger charge is -2.01. The summed E-state index contributed by atoms with van der Waals surface area (Å²) in [4.78, 5) is 3.86. The first-order chi connectivity index (χ1) is 4.93. The summed E-state index contributed by atoms with van der Waals surface area (Å²) in [6.45, 7) is 4.33. The topological polar surface area (TPSA) is 22.1 Å². The van der Waals surface area contributed by atoms with Gasteiger partial charge in [0.25, 0.3) is 0 Å². The van der Waals surface area contributed by atoms with Crippen LogP contribution in [0.1, 0.15) is 6.42 Å². The monoisotopic (exact) mass is 136 g/mol. The van der Waals surface area contributed by atoms with Gasteiger partial charge < -0.3 is 4.74 Å². The van der Waals surface area contributed by atoms with Crippen molar-refractivity contribution in [2.24, 2.45) is 0 Å². The van der Waals surface area contributed by atoms with Crippen LogP contribution in [-0.2, 0) is 0 Å². The van der Waals surface area contributed by atoms with E-state index in [1.165, 1.54) is 0 Å². The van der Waals surface area contributed by atoms with Gasteiger partial charge in [-0.2, -0.15) is 0 Å². The van der Waals surface area contributed by atoms with Gasteiger partial charge in [0.1, 0.15) is 5.75 Å². The van der Waals surface area contributed by atoms with Crippen molar-refractivity contribution in [3.8, 4) is 5.75 Å². The van der Waals surface area contributed by atoms with Crippen LogP contribution < -0.4 is 4.74 Å². The molecule has 0 atom stereocenters. The molecule has 53 valence electrons. The molecular weight excluding hydrogens is 126 g/mol. The van der Waals surface area contributed by atoms with Crippen LogP contribution in [0.25, 0.3) is 0 Å². The van der Waals surface area contributed by atoms with Crippen LogP contribution >= 0.6 is 0 Å². The summed E-state index contributed by atoms with van der Waals surface area (Å²) in [6, 6.07) is 3.66. The molecule has 1 aromatic rings. The van der Waals surface area contributed by atoms with Gasteiger partial charge in [0.15, 0.2) is 0 Å². The van der Waals surface area contributed by atoms with E-state index in [1.807, 2.05) is 12.1 Å². The highest BCUT2D eigenvalue weighted by molar-refractivity contribution is 5.16. The zero-order valence-electron chi connectivity index (χ0n) is 5.79. The maximum atomic E-state index is 5.25. The Morgan fingerprint density at radius 2 is 2.10 bits per heavy atom. The van der Waals surface area contributed by atoms with Crippen molar-refractivity contribution in [2.45, 2.75) is 6.42 Å². The molecule has 0 fully saturated rings. The van der Waals surface area contributed by atoms with Gasteiger partial charge >= 0.3 is 0 Å². The smallest absolute Gasteiger partial charge is 0.122 e. The fraction of sp³-hybridized carbons (Fsp3) is 0.250. The Morgan fingerprint density at radius 3 is 2.70 bits per heavy atom. The fourth-order valence-electron chi connectivity index (χ4n) is 0.624. The second-order valence-electron chi connectivity index (χ2n) is 1.88. The zero-order chi connectivity index (χ0) is 7.23. The second kappa shape index (κ2) is 3.88. The summed E-state index contributed by atoms with van der Waals surface area (Å²) in [5.41, 5.74) is 0. The van der Waals surface area contributed by atoms with E-state index >= 15 is 0 Å². The number of nitrogens with zero attached hydrogens (tertiary/aromatic N) is 1. The number of rotatable bonds is 3. The molecule has 1 heterocycles. The zero-order valence-corrected chi connectivity index (χ0v) is 5.79. The quantitative estimate of drug-likeness (QED) is 0.630. The van der Waals surface area contributed by atoms with Crippen molar-refractivity contribution < 1.29 is 4.74 Å². The molecule has 0 unspecified atom stereocenters. The molecule has 0 spiro atoms. The van der Waals surface area contributed by atoms with Crippen LogP contribution in [0, 0.1) is 6.92 Å². The average molecular weight is 136 g/mol. The molecule has 0 bridgehead atoms. The van der Waals surface area contributed by atoms with Crippen molar-refractivity contribution in [3.63, 3.8) is 0 Å². The Kier molecular flexibility index (Phi) is 2.74. The standard InChI is InChI=1S/C8H10NO/c1-2-7-10-8-3-5-9-6-4-8/h3-6H,1-2,7H2. The average Bonchev–Trinajstić information content (AvgIpc) is 2.03. The van der Waals surface area contributed by atoms with Gasteiger partial charge in [-0.25, -0.2) is 0 Å². The Morgan fingerprint density at radius 1 is 1.40 bits per heavy atom. The van der Waals surface area contributed by atoms with Crippen LogP contribution in [-0.4, -0.2) is 11.6 Å². The number of aromatic nitrogens is 1. The first kappa shape index (κ1) is 7.06. The Bertz CT molecular complexity index is 174. The maximum absolute atomic E-state index is 5.25. The molecule has 0 aliphatic heterocycles. The van der Waals surface area contributed by atoms with Gasteiger partial charge in [0.05, 0.1) is 6.61 Å². The third-order valence-corrected chi connectivity index (χ3v) is 1.06. The van der Waals surface area contributed by atoms with Crippen LogP contribution in [0.15, 0.2) is 24.5 Å². The molecule has 1 rings (SSSR count). The molecular formula is C8H10NO. The van der Waals surface area contributed by atoms with Gasteiger partial charge in [0.2, 0.25) is 0 Å². The van der Waals surface area contributed by atoms with E-state index in [0.717, 1.165) is 12.2 Å². The molecule has 0 saturated carbocycles.